The van der Waals surface area contributed by atoms with Crippen LogP contribution in [-0.4, -0.2) is 37.9 Å². The van der Waals surface area contributed by atoms with Gasteiger partial charge in [-0.1, -0.05) is 0 Å². The molecule has 5 N–H and O–H groups in total. The van der Waals surface area contributed by atoms with E-state index in [4.69, 9.17) is 10.5 Å². The minimum absolute atomic E-state index is 0.0213. The molecule has 0 saturated heterocycles. The number of ether oxygens (including phenoxy) is 1. The number of nitrogens with two attached hydrogens (primary N) is 1. The number of hydrogen-bond donors (Lipinski definition) is 4. The van der Waals surface area contributed by atoms with Crippen molar-refractivity contribution >= 4 is 38.9 Å². The van der Waals surface area contributed by atoms with E-state index in [1.807, 2.05) is 6.92 Å². The second-order valence-electron chi connectivity index (χ2n) is 6.75. The second kappa shape index (κ2) is 9.52. The van der Waals surface area contributed by atoms with E-state index in [0.29, 0.717) is 28.8 Å². The van der Waals surface area contributed by atoms with Gasteiger partial charge in [0.1, 0.15) is 23.2 Å². The number of methoxy groups -OCH3 is 1. The van der Waals surface area contributed by atoms with E-state index in [0.717, 1.165) is 6.54 Å². The molecule has 1 heterocycles. The molecule has 11 heteroatoms. The number of carbonyl (C=O) groups excluding carboxylic acids is 1. The van der Waals surface area contributed by atoms with E-state index in [1.54, 1.807) is 37.3 Å². The van der Waals surface area contributed by atoms with E-state index in [1.165, 1.54) is 25.3 Å². The molecule has 0 fully saturated rings. The summed E-state index contributed by atoms with van der Waals surface area (Å²) in [6, 6.07) is 12.3. The number of nitrogens with zero attached hydrogens (tertiary/aromatic N) is 2. The third kappa shape index (κ3) is 5.43. The predicted octanol–water partition coefficient (Wildman–Crippen LogP) is 2.87. The molecule has 1 amide bonds. The van der Waals surface area contributed by atoms with Crippen molar-refractivity contribution in [1.29, 1.82) is 0 Å². The first-order valence-electron chi connectivity index (χ1n) is 9.69. The molecule has 0 aliphatic heterocycles. The number of carbonyl (C=O) groups is 1. The van der Waals surface area contributed by atoms with Crippen molar-refractivity contribution in [3.63, 3.8) is 0 Å². The first-order valence-corrected chi connectivity index (χ1v) is 11.2. The monoisotopic (exact) mass is 456 g/mol. The van der Waals surface area contributed by atoms with Crippen molar-refractivity contribution in [2.24, 2.45) is 5.73 Å². The lowest BCUT2D eigenvalue weighted by Crippen LogP contribution is -2.16. The lowest BCUT2D eigenvalue weighted by Gasteiger charge is -2.12. The largest absolute Gasteiger partial charge is 0.496 e. The Labute approximate surface area is 186 Å². The number of hydrogen-bond acceptors (Lipinski definition) is 8. The van der Waals surface area contributed by atoms with Gasteiger partial charge in [-0.25, -0.2) is 18.4 Å². The van der Waals surface area contributed by atoms with Crippen molar-refractivity contribution in [1.82, 2.24) is 9.97 Å². The average Bonchev–Trinajstić information content (AvgIpc) is 2.74. The van der Waals surface area contributed by atoms with Crippen LogP contribution in [0.4, 0.5) is 23.0 Å². The van der Waals surface area contributed by atoms with Crippen LogP contribution >= 0.6 is 0 Å². The number of rotatable bonds is 9. The van der Waals surface area contributed by atoms with Crippen LogP contribution in [0.3, 0.4) is 0 Å². The standard InChI is InChI=1S/C21H24N6O4S/c1-4-23-19-12-20(25-13(2)24-19)26-14-5-7-15(8-6-14)27-32(29,30)16-9-10-18(31-3)17(11-16)21(22)28/h5-12,27H,4H2,1-3H3,(H2,22,28)(H2,23,24,25,26). The first kappa shape index (κ1) is 22.8. The van der Waals surface area contributed by atoms with Crippen LogP contribution in [-0.2, 0) is 10.0 Å². The zero-order valence-corrected chi connectivity index (χ0v) is 18.7. The number of nitrogens with one attached hydrogen (secondary N) is 3. The molecule has 3 aromatic rings. The van der Waals surface area contributed by atoms with Crippen molar-refractivity contribution in [3.8, 4) is 5.75 Å². The number of sulfonamides is 1. The summed E-state index contributed by atoms with van der Waals surface area (Å²) in [6.45, 7) is 4.51. The molecule has 0 bridgehead atoms. The van der Waals surface area contributed by atoms with Gasteiger partial charge >= 0.3 is 0 Å². The van der Waals surface area contributed by atoms with Crippen LogP contribution in [0.1, 0.15) is 23.1 Å². The Kier molecular flexibility index (Phi) is 6.79. The molecule has 2 aromatic carbocycles. The van der Waals surface area contributed by atoms with E-state index < -0.39 is 15.9 Å². The van der Waals surface area contributed by atoms with E-state index in [2.05, 4.69) is 25.3 Å². The maximum Gasteiger partial charge on any atom is 0.261 e. The topological polar surface area (TPSA) is 148 Å². The second-order valence-corrected chi connectivity index (χ2v) is 8.43. The van der Waals surface area contributed by atoms with Gasteiger partial charge in [0, 0.05) is 24.0 Å². The quantitative estimate of drug-likeness (QED) is 0.384. The molecule has 32 heavy (non-hydrogen) atoms. The molecule has 0 atom stereocenters. The van der Waals surface area contributed by atoms with Crippen molar-refractivity contribution in [2.45, 2.75) is 18.7 Å². The highest BCUT2D eigenvalue weighted by Crippen LogP contribution is 2.25. The van der Waals surface area contributed by atoms with Gasteiger partial charge in [0.25, 0.3) is 15.9 Å². The molecule has 0 unspecified atom stereocenters. The van der Waals surface area contributed by atoms with E-state index in [9.17, 15) is 13.2 Å². The zero-order chi connectivity index (χ0) is 23.3. The number of anilines is 4. The fourth-order valence-electron chi connectivity index (χ4n) is 2.93. The van der Waals surface area contributed by atoms with Crippen molar-refractivity contribution in [3.05, 3.63) is 59.9 Å². The summed E-state index contributed by atoms with van der Waals surface area (Å²) >= 11 is 0. The van der Waals surface area contributed by atoms with Gasteiger partial charge in [0.2, 0.25) is 0 Å². The fraction of sp³-hybridized carbons (Fsp3) is 0.190. The Morgan fingerprint density at radius 1 is 1.03 bits per heavy atom. The molecule has 0 aliphatic rings. The summed E-state index contributed by atoms with van der Waals surface area (Å²) in [5.74, 6) is 1.35. The summed E-state index contributed by atoms with van der Waals surface area (Å²) in [7, 11) is -2.58. The van der Waals surface area contributed by atoms with Crippen molar-refractivity contribution < 1.29 is 17.9 Å². The van der Waals surface area contributed by atoms with E-state index >= 15 is 0 Å². The molecule has 3 rings (SSSR count). The molecule has 10 nitrogen and oxygen atoms in total. The van der Waals surface area contributed by atoms with Crippen LogP contribution in [0, 0.1) is 6.92 Å². The van der Waals surface area contributed by atoms with Gasteiger partial charge in [-0.3, -0.25) is 9.52 Å². The van der Waals surface area contributed by atoms with Gasteiger partial charge in [0.15, 0.2) is 0 Å². The third-order valence-corrected chi connectivity index (χ3v) is 5.73. The summed E-state index contributed by atoms with van der Waals surface area (Å²) in [4.78, 5) is 20.1. The van der Waals surface area contributed by atoms with Crippen LogP contribution < -0.4 is 25.8 Å². The Balaban J connectivity index is 1.77. The lowest BCUT2D eigenvalue weighted by atomic mass is 10.2. The van der Waals surface area contributed by atoms with Gasteiger partial charge in [-0.15, -0.1) is 0 Å². The van der Waals surface area contributed by atoms with Gasteiger partial charge in [-0.2, -0.15) is 0 Å². The van der Waals surface area contributed by atoms with Crippen molar-refractivity contribution in [2.75, 3.05) is 29.0 Å². The summed E-state index contributed by atoms with van der Waals surface area (Å²) in [5, 5.41) is 6.30. The number of amides is 1. The Morgan fingerprint density at radius 2 is 1.69 bits per heavy atom. The minimum Gasteiger partial charge on any atom is -0.496 e. The fourth-order valence-corrected chi connectivity index (χ4v) is 4.02. The van der Waals surface area contributed by atoms with Gasteiger partial charge in [0.05, 0.1) is 17.6 Å². The van der Waals surface area contributed by atoms with Gasteiger partial charge < -0.3 is 21.1 Å². The number of primary amides is 1. The molecule has 0 saturated carbocycles. The maximum absolute atomic E-state index is 12.7. The molecule has 0 spiro atoms. The minimum atomic E-state index is -3.95. The molecule has 168 valence electrons. The molecule has 0 radical (unpaired) electrons. The van der Waals surface area contributed by atoms with Gasteiger partial charge in [-0.05, 0) is 56.3 Å². The summed E-state index contributed by atoms with van der Waals surface area (Å²) < 4.78 is 33.0. The number of aromatic nitrogens is 2. The van der Waals surface area contributed by atoms with Crippen LogP contribution in [0.25, 0.3) is 0 Å². The Bertz CT molecular complexity index is 1230. The summed E-state index contributed by atoms with van der Waals surface area (Å²) in [6.07, 6.45) is 0. The SMILES string of the molecule is CCNc1cc(Nc2ccc(NS(=O)(=O)c3ccc(OC)c(C(N)=O)c3)cc2)nc(C)n1. The zero-order valence-electron chi connectivity index (χ0n) is 17.8. The maximum atomic E-state index is 12.7. The predicted molar refractivity (Wildman–Crippen MR) is 123 cm³/mol. The Hall–Kier alpha value is -3.86. The smallest absolute Gasteiger partial charge is 0.261 e. The van der Waals surface area contributed by atoms with Crippen LogP contribution in [0.5, 0.6) is 5.75 Å². The first-order chi connectivity index (χ1) is 15.2. The molecular formula is C21H24N6O4S. The van der Waals surface area contributed by atoms with Crippen LogP contribution in [0.2, 0.25) is 0 Å². The highest BCUT2D eigenvalue weighted by molar-refractivity contribution is 7.92. The third-order valence-electron chi connectivity index (χ3n) is 4.35. The Morgan fingerprint density at radius 3 is 2.31 bits per heavy atom. The summed E-state index contributed by atoms with van der Waals surface area (Å²) in [5.41, 5.74) is 6.36. The average molecular weight is 457 g/mol. The normalized spacial score (nSPS) is 11.0. The molecule has 0 aliphatic carbocycles. The highest BCUT2D eigenvalue weighted by atomic mass is 32.2. The van der Waals surface area contributed by atoms with Crippen LogP contribution in [0.15, 0.2) is 53.4 Å². The molecule has 1 aromatic heterocycles. The van der Waals surface area contributed by atoms with E-state index in [-0.39, 0.29) is 16.2 Å². The number of benzene rings is 2. The lowest BCUT2D eigenvalue weighted by molar-refractivity contribution is 0.0997. The molecular weight excluding hydrogens is 432 g/mol. The highest BCUT2D eigenvalue weighted by Gasteiger charge is 2.19. The number of aryl methyl sites for hydroxylation is 1.